The molecule has 14 heteroatoms. The molecule has 0 amide bonds. The van der Waals surface area contributed by atoms with Crippen molar-refractivity contribution in [2.75, 3.05) is 6.54 Å². The fourth-order valence-electron chi connectivity index (χ4n) is 5.77. The number of alkyl halides is 3. The molecule has 10 nitrogen and oxygen atoms in total. The van der Waals surface area contributed by atoms with Gasteiger partial charge in [0, 0.05) is 24.9 Å². The summed E-state index contributed by atoms with van der Waals surface area (Å²) in [6, 6.07) is 9.70. The molecule has 4 aromatic rings. The van der Waals surface area contributed by atoms with Crippen LogP contribution in [0.25, 0.3) is 5.65 Å². The van der Waals surface area contributed by atoms with Gasteiger partial charge in [-0.25, -0.2) is 13.4 Å². The Morgan fingerprint density at radius 1 is 1.09 bits per heavy atom. The van der Waals surface area contributed by atoms with Gasteiger partial charge in [-0.05, 0) is 86.6 Å². The van der Waals surface area contributed by atoms with E-state index in [4.69, 9.17) is 4.74 Å². The first-order valence-corrected chi connectivity index (χ1v) is 15.4. The summed E-state index contributed by atoms with van der Waals surface area (Å²) in [7, 11) is -4.01. The van der Waals surface area contributed by atoms with Gasteiger partial charge in [0.15, 0.2) is 5.65 Å². The number of carboxylic acids is 1. The van der Waals surface area contributed by atoms with Crippen molar-refractivity contribution in [1.29, 1.82) is 0 Å². The van der Waals surface area contributed by atoms with Gasteiger partial charge in [-0.1, -0.05) is 18.2 Å². The quantitative estimate of drug-likeness (QED) is 0.312. The van der Waals surface area contributed by atoms with E-state index in [1.165, 1.54) is 36.5 Å². The topological polar surface area (TPSA) is 127 Å². The van der Waals surface area contributed by atoms with Crippen LogP contribution in [0.15, 0.2) is 53.7 Å². The van der Waals surface area contributed by atoms with Crippen molar-refractivity contribution >= 4 is 21.6 Å². The average Bonchev–Trinajstić information content (AvgIpc) is 3.56. The number of aryl methyl sites for hydroxylation is 2. The molecule has 1 atom stereocenters. The molecular formula is C30H30F3N5O5S. The summed E-state index contributed by atoms with van der Waals surface area (Å²) < 4.78 is 76.4. The summed E-state index contributed by atoms with van der Waals surface area (Å²) in [6.45, 7) is 6.79. The molecule has 0 bridgehead atoms. The second-order valence-corrected chi connectivity index (χ2v) is 14.1. The highest BCUT2D eigenvalue weighted by Crippen LogP contribution is 2.47. The minimum absolute atomic E-state index is 0.000180. The monoisotopic (exact) mass is 629 g/mol. The van der Waals surface area contributed by atoms with Crippen molar-refractivity contribution in [3.05, 3.63) is 82.4 Å². The molecule has 232 valence electrons. The number of rotatable bonds is 6. The van der Waals surface area contributed by atoms with Gasteiger partial charge >= 0.3 is 12.1 Å². The third kappa shape index (κ3) is 5.09. The van der Waals surface area contributed by atoms with Crippen LogP contribution in [0.5, 0.6) is 5.88 Å². The van der Waals surface area contributed by atoms with E-state index < -0.39 is 44.9 Å². The van der Waals surface area contributed by atoms with E-state index in [1.54, 1.807) is 37.4 Å². The van der Waals surface area contributed by atoms with Crippen LogP contribution in [0.3, 0.4) is 0 Å². The van der Waals surface area contributed by atoms with Gasteiger partial charge in [0.05, 0.1) is 12.0 Å². The number of aliphatic carboxylic acids is 1. The highest BCUT2D eigenvalue weighted by atomic mass is 32.2. The van der Waals surface area contributed by atoms with Gasteiger partial charge in [0.25, 0.3) is 0 Å². The Morgan fingerprint density at radius 2 is 1.80 bits per heavy atom. The first-order chi connectivity index (χ1) is 20.5. The van der Waals surface area contributed by atoms with E-state index in [0.717, 1.165) is 9.96 Å². The molecule has 1 aliphatic carbocycles. The fourth-order valence-corrected chi connectivity index (χ4v) is 7.42. The molecule has 44 heavy (non-hydrogen) atoms. The Hall–Kier alpha value is -4.04. The number of hydrogen-bond donors (Lipinski definition) is 1. The van der Waals surface area contributed by atoms with Crippen molar-refractivity contribution in [1.82, 2.24) is 23.9 Å². The van der Waals surface area contributed by atoms with E-state index >= 15 is 0 Å². The number of hydrogen-bond acceptors (Lipinski definition) is 7. The Balaban J connectivity index is 1.43. The molecular weight excluding hydrogens is 599 g/mol. The third-order valence-electron chi connectivity index (χ3n) is 8.51. The van der Waals surface area contributed by atoms with Crippen molar-refractivity contribution in [3.8, 4) is 5.88 Å². The molecule has 1 saturated carbocycles. The molecule has 0 radical (unpaired) electrons. The molecule has 1 aliphatic heterocycles. The predicted molar refractivity (Wildman–Crippen MR) is 152 cm³/mol. The Morgan fingerprint density at radius 3 is 2.45 bits per heavy atom. The summed E-state index contributed by atoms with van der Waals surface area (Å²) in [5, 5.41) is 17.2. The van der Waals surface area contributed by atoms with Gasteiger partial charge in [-0.2, -0.15) is 17.5 Å². The molecule has 1 spiro atoms. The highest BCUT2D eigenvalue weighted by Gasteiger charge is 2.52. The normalized spacial score (nSPS) is 18.4. The highest BCUT2D eigenvalue weighted by molar-refractivity contribution is 7.89. The van der Waals surface area contributed by atoms with E-state index in [1.807, 2.05) is 6.92 Å². The molecule has 3 aromatic heterocycles. The first kappa shape index (κ1) is 30.0. The van der Waals surface area contributed by atoms with Crippen LogP contribution >= 0.6 is 0 Å². The molecule has 1 aromatic carbocycles. The SMILES string of the molecule is Cc1cnc2c(c1)S(=O)(=O)N(Cc1cc([C@H](c3ccn4c(C(F)(F)F)nnc4c3)C(C)(C)C(=O)O)ccc1C)CC1(CC1)O2. The second-order valence-electron chi connectivity index (χ2n) is 12.2. The van der Waals surface area contributed by atoms with Gasteiger partial charge < -0.3 is 9.84 Å². The third-order valence-corrected chi connectivity index (χ3v) is 10.3. The smallest absolute Gasteiger partial charge is 0.452 e. The number of pyridine rings is 2. The zero-order chi connectivity index (χ0) is 31.8. The van der Waals surface area contributed by atoms with Crippen molar-refractivity contribution in [3.63, 3.8) is 0 Å². The van der Waals surface area contributed by atoms with Crippen LogP contribution in [0.1, 0.15) is 66.2 Å². The van der Waals surface area contributed by atoms with Crippen molar-refractivity contribution in [2.24, 2.45) is 5.41 Å². The van der Waals surface area contributed by atoms with Crippen LogP contribution < -0.4 is 4.74 Å². The largest absolute Gasteiger partial charge is 0.481 e. The second kappa shape index (κ2) is 9.99. The number of ether oxygens (including phenoxy) is 1. The summed E-state index contributed by atoms with van der Waals surface area (Å²) in [6.07, 6.45) is -0.607. The number of fused-ring (bicyclic) bond motifs is 2. The van der Waals surface area contributed by atoms with E-state index in [2.05, 4.69) is 15.2 Å². The minimum atomic E-state index is -4.72. The van der Waals surface area contributed by atoms with Crippen LogP contribution in [0.2, 0.25) is 0 Å². The molecule has 1 fully saturated rings. The number of halogens is 3. The number of sulfonamides is 1. The van der Waals surface area contributed by atoms with Crippen LogP contribution in [-0.4, -0.2) is 55.5 Å². The van der Waals surface area contributed by atoms with Crippen molar-refractivity contribution < 1.29 is 36.2 Å². The van der Waals surface area contributed by atoms with E-state index in [-0.39, 0.29) is 29.5 Å². The van der Waals surface area contributed by atoms with Gasteiger partial charge in [0.1, 0.15) is 10.5 Å². The number of aromatic nitrogens is 4. The average molecular weight is 630 g/mol. The maximum Gasteiger partial charge on any atom is 0.452 e. The standard InChI is InChI=1S/C30H30F3N5O5S/c1-17-11-22-25(34-14-17)43-29(8-9-29)16-37(44(22,41)42)15-21-12-19(6-5-18(21)2)24(28(3,4)27(39)40)20-7-10-38-23(13-20)35-36-26(38)30(31,32)33/h5-7,10-14,24H,8-9,15-16H2,1-4H3,(H,39,40)/t24-/m1/s1. The van der Waals surface area contributed by atoms with E-state index in [9.17, 15) is 31.5 Å². The number of carbonyl (C=O) groups is 1. The zero-order valence-corrected chi connectivity index (χ0v) is 25.2. The minimum Gasteiger partial charge on any atom is -0.481 e. The number of nitrogens with zero attached hydrogens (tertiary/aromatic N) is 5. The summed E-state index contributed by atoms with van der Waals surface area (Å²) in [5.41, 5.74) is 0.928. The van der Waals surface area contributed by atoms with Gasteiger partial charge in [0.2, 0.25) is 21.7 Å². The molecule has 4 heterocycles. The molecule has 6 rings (SSSR count). The molecule has 0 saturated heterocycles. The van der Waals surface area contributed by atoms with Crippen LogP contribution in [0, 0.1) is 19.3 Å². The zero-order valence-electron chi connectivity index (χ0n) is 24.4. The molecule has 0 unspecified atom stereocenters. The number of carboxylic acid groups (broad SMARTS) is 1. The lowest BCUT2D eigenvalue weighted by molar-refractivity contribution is -0.147. The number of benzene rings is 1. The first-order valence-electron chi connectivity index (χ1n) is 13.9. The summed E-state index contributed by atoms with van der Waals surface area (Å²) >= 11 is 0. The van der Waals surface area contributed by atoms with Crippen LogP contribution in [-0.2, 0) is 27.5 Å². The Bertz CT molecular complexity index is 1920. The van der Waals surface area contributed by atoms with Crippen molar-refractivity contribution in [2.45, 2.75) is 69.7 Å². The Kier molecular flexibility index (Phi) is 6.81. The maximum atomic E-state index is 13.9. The molecule has 1 N–H and O–H groups in total. The van der Waals surface area contributed by atoms with Gasteiger partial charge in [-0.3, -0.25) is 9.20 Å². The van der Waals surface area contributed by atoms with Crippen LogP contribution in [0.4, 0.5) is 13.2 Å². The Labute approximate surface area is 251 Å². The summed E-state index contributed by atoms with van der Waals surface area (Å²) in [5.74, 6) is -3.05. The lowest BCUT2D eigenvalue weighted by Gasteiger charge is -2.32. The summed E-state index contributed by atoms with van der Waals surface area (Å²) in [4.78, 5) is 16.8. The lowest BCUT2D eigenvalue weighted by atomic mass is 9.71. The maximum absolute atomic E-state index is 13.9. The fraction of sp³-hybridized carbons (Fsp3) is 0.400. The molecule has 2 aliphatic rings. The lowest BCUT2D eigenvalue weighted by Crippen LogP contribution is -2.38. The van der Waals surface area contributed by atoms with Gasteiger partial charge in [-0.15, -0.1) is 10.2 Å². The predicted octanol–water partition coefficient (Wildman–Crippen LogP) is 5.12. The van der Waals surface area contributed by atoms with E-state index in [0.29, 0.717) is 35.1 Å².